The summed E-state index contributed by atoms with van der Waals surface area (Å²) in [5.41, 5.74) is 9.38. The normalized spacial score (nSPS) is 16.1. The lowest BCUT2D eigenvalue weighted by atomic mass is 9.88. The van der Waals surface area contributed by atoms with Gasteiger partial charge in [0.15, 0.2) is 0 Å². The van der Waals surface area contributed by atoms with E-state index >= 15 is 0 Å². The number of piperidine rings is 1. The summed E-state index contributed by atoms with van der Waals surface area (Å²) in [4.78, 5) is 15.4. The van der Waals surface area contributed by atoms with Crippen molar-refractivity contribution in [3.8, 4) is 11.1 Å². The fourth-order valence-electron chi connectivity index (χ4n) is 4.30. The first kappa shape index (κ1) is 22.1. The Morgan fingerprint density at radius 2 is 1.71 bits per heavy atom. The maximum atomic E-state index is 12.2. The molecule has 31 heavy (non-hydrogen) atoms. The predicted molar refractivity (Wildman–Crippen MR) is 125 cm³/mol. The van der Waals surface area contributed by atoms with Gasteiger partial charge in [0, 0.05) is 34.7 Å². The van der Waals surface area contributed by atoms with E-state index in [1.165, 1.54) is 0 Å². The Kier molecular flexibility index (Phi) is 6.05. The molecule has 2 aromatic carbocycles. The maximum Gasteiger partial charge on any atom is 0.250 e. The molecule has 4 rings (SSSR count). The van der Waals surface area contributed by atoms with Crippen LogP contribution in [0.5, 0.6) is 0 Å². The molecule has 1 amide bonds. The number of H-pyrrole nitrogens is 1. The molecule has 1 aliphatic rings. The van der Waals surface area contributed by atoms with Crippen molar-refractivity contribution < 1.29 is 13.2 Å². The standard InChI is InChI=1S/C22H23Cl2N3O3S/c1-2-31(29,30)27-5-3-13(4-6-27)20-12-26-21-18(20)9-15(10-19(21)22(25)28)14-7-16(23)11-17(24)8-14/h7-13,26H,2-6H2,1H3,(H2,25,28). The molecule has 0 bridgehead atoms. The highest BCUT2D eigenvalue weighted by Gasteiger charge is 2.29. The molecule has 1 aliphatic heterocycles. The van der Waals surface area contributed by atoms with Crippen molar-refractivity contribution in [2.45, 2.75) is 25.7 Å². The van der Waals surface area contributed by atoms with Gasteiger partial charge in [0.1, 0.15) is 0 Å². The molecule has 0 saturated carbocycles. The number of halogens is 2. The van der Waals surface area contributed by atoms with E-state index in [9.17, 15) is 13.2 Å². The first-order valence-corrected chi connectivity index (χ1v) is 12.4. The molecule has 0 atom stereocenters. The molecule has 164 valence electrons. The number of carbonyl (C=O) groups excluding carboxylic acids is 1. The zero-order valence-electron chi connectivity index (χ0n) is 17.0. The lowest BCUT2D eigenvalue weighted by Crippen LogP contribution is -2.38. The molecule has 0 spiro atoms. The predicted octanol–water partition coefficient (Wildman–Crippen LogP) is 4.77. The summed E-state index contributed by atoms with van der Waals surface area (Å²) < 4.78 is 25.9. The highest BCUT2D eigenvalue weighted by atomic mass is 35.5. The van der Waals surface area contributed by atoms with Crippen LogP contribution < -0.4 is 5.73 Å². The molecule has 1 fully saturated rings. The van der Waals surface area contributed by atoms with Gasteiger partial charge in [0.25, 0.3) is 5.91 Å². The fraction of sp³-hybridized carbons (Fsp3) is 0.318. The van der Waals surface area contributed by atoms with Crippen LogP contribution in [0.1, 0.15) is 41.6 Å². The molecule has 2 heterocycles. The van der Waals surface area contributed by atoms with Crippen LogP contribution in [-0.2, 0) is 10.0 Å². The lowest BCUT2D eigenvalue weighted by molar-refractivity contribution is 0.100. The van der Waals surface area contributed by atoms with Gasteiger partial charge in [0.05, 0.1) is 16.8 Å². The highest BCUT2D eigenvalue weighted by Crippen LogP contribution is 2.38. The number of primary amides is 1. The number of amides is 1. The van der Waals surface area contributed by atoms with Crippen molar-refractivity contribution >= 4 is 50.0 Å². The van der Waals surface area contributed by atoms with Gasteiger partial charge in [-0.05, 0) is 72.7 Å². The fourth-order valence-corrected chi connectivity index (χ4v) is 5.96. The second-order valence-corrected chi connectivity index (χ2v) is 10.9. The van der Waals surface area contributed by atoms with E-state index in [0.29, 0.717) is 47.1 Å². The van der Waals surface area contributed by atoms with Crippen molar-refractivity contribution in [3.05, 3.63) is 57.7 Å². The summed E-state index contributed by atoms with van der Waals surface area (Å²) in [5, 5.41) is 1.91. The molecular weight excluding hydrogens is 457 g/mol. The minimum Gasteiger partial charge on any atom is -0.366 e. The molecule has 9 heteroatoms. The topological polar surface area (TPSA) is 96.3 Å². The minimum absolute atomic E-state index is 0.109. The van der Waals surface area contributed by atoms with Gasteiger partial charge in [-0.25, -0.2) is 12.7 Å². The molecular formula is C22H23Cl2N3O3S. The van der Waals surface area contributed by atoms with Crippen LogP contribution in [0, 0.1) is 0 Å². The Labute approximate surface area is 191 Å². The van der Waals surface area contributed by atoms with Gasteiger partial charge in [-0.2, -0.15) is 0 Å². The Balaban J connectivity index is 1.76. The van der Waals surface area contributed by atoms with Crippen LogP contribution >= 0.6 is 23.2 Å². The molecule has 0 radical (unpaired) electrons. The van der Waals surface area contributed by atoms with Crippen molar-refractivity contribution in [2.24, 2.45) is 5.73 Å². The molecule has 3 aromatic rings. The van der Waals surface area contributed by atoms with Crippen molar-refractivity contribution in [1.29, 1.82) is 0 Å². The van der Waals surface area contributed by atoms with Crippen LogP contribution in [0.3, 0.4) is 0 Å². The number of sulfonamides is 1. The number of fused-ring (bicyclic) bond motifs is 1. The molecule has 6 nitrogen and oxygen atoms in total. The number of benzene rings is 2. The summed E-state index contributed by atoms with van der Waals surface area (Å²) in [6.45, 7) is 2.63. The highest BCUT2D eigenvalue weighted by molar-refractivity contribution is 7.89. The second kappa shape index (κ2) is 8.47. The molecule has 1 aromatic heterocycles. The van der Waals surface area contributed by atoms with E-state index < -0.39 is 15.9 Å². The minimum atomic E-state index is -3.19. The van der Waals surface area contributed by atoms with Crippen molar-refractivity contribution in [1.82, 2.24) is 9.29 Å². The van der Waals surface area contributed by atoms with E-state index in [4.69, 9.17) is 28.9 Å². The first-order valence-electron chi connectivity index (χ1n) is 10.1. The number of aromatic nitrogens is 1. The summed E-state index contributed by atoms with van der Waals surface area (Å²) in [6.07, 6.45) is 3.33. The average molecular weight is 480 g/mol. The SMILES string of the molecule is CCS(=O)(=O)N1CCC(c2c[nH]c3c(C(N)=O)cc(-c4cc(Cl)cc(Cl)c4)cc23)CC1. The van der Waals surface area contributed by atoms with Crippen molar-refractivity contribution in [2.75, 3.05) is 18.8 Å². The largest absolute Gasteiger partial charge is 0.366 e. The van der Waals surface area contributed by atoms with Crippen LogP contribution in [0.2, 0.25) is 10.0 Å². The molecule has 0 aliphatic carbocycles. The number of rotatable bonds is 5. The van der Waals surface area contributed by atoms with Gasteiger partial charge >= 0.3 is 0 Å². The third-order valence-electron chi connectivity index (χ3n) is 5.93. The van der Waals surface area contributed by atoms with E-state index in [-0.39, 0.29) is 11.7 Å². The third kappa shape index (κ3) is 4.32. The Morgan fingerprint density at radius 1 is 1.10 bits per heavy atom. The quantitative estimate of drug-likeness (QED) is 0.551. The number of nitrogens with zero attached hydrogens (tertiary/aromatic N) is 1. The van der Waals surface area contributed by atoms with Gasteiger partial charge in [0.2, 0.25) is 10.0 Å². The van der Waals surface area contributed by atoms with E-state index in [2.05, 4.69) is 4.98 Å². The smallest absolute Gasteiger partial charge is 0.250 e. The molecule has 1 saturated heterocycles. The number of carbonyl (C=O) groups is 1. The Morgan fingerprint density at radius 3 is 2.29 bits per heavy atom. The van der Waals surface area contributed by atoms with Gasteiger partial charge in [-0.1, -0.05) is 23.2 Å². The number of nitrogens with two attached hydrogens (primary N) is 1. The zero-order valence-corrected chi connectivity index (χ0v) is 19.3. The van der Waals surface area contributed by atoms with Crippen LogP contribution in [-0.4, -0.2) is 42.5 Å². The number of nitrogens with one attached hydrogen (secondary N) is 1. The number of hydrogen-bond donors (Lipinski definition) is 2. The summed E-state index contributed by atoms with van der Waals surface area (Å²) in [7, 11) is -3.19. The molecule has 3 N–H and O–H groups in total. The summed E-state index contributed by atoms with van der Waals surface area (Å²) >= 11 is 12.4. The van der Waals surface area contributed by atoms with Crippen LogP contribution in [0.15, 0.2) is 36.5 Å². The Bertz CT molecular complexity index is 1240. The van der Waals surface area contributed by atoms with E-state index in [1.807, 2.05) is 12.3 Å². The van der Waals surface area contributed by atoms with Gasteiger partial charge < -0.3 is 10.7 Å². The van der Waals surface area contributed by atoms with Crippen molar-refractivity contribution in [3.63, 3.8) is 0 Å². The maximum absolute atomic E-state index is 12.2. The number of hydrogen-bond acceptors (Lipinski definition) is 3. The zero-order chi connectivity index (χ0) is 22.3. The molecule has 0 unspecified atom stereocenters. The number of aromatic amines is 1. The van der Waals surface area contributed by atoms with E-state index in [1.54, 1.807) is 35.5 Å². The Hall–Kier alpha value is -2.06. The van der Waals surface area contributed by atoms with Crippen LogP contribution in [0.25, 0.3) is 22.0 Å². The summed E-state index contributed by atoms with van der Waals surface area (Å²) in [6, 6.07) is 8.98. The lowest BCUT2D eigenvalue weighted by Gasteiger charge is -2.31. The van der Waals surface area contributed by atoms with Gasteiger partial charge in [-0.3, -0.25) is 4.79 Å². The van der Waals surface area contributed by atoms with Crippen LogP contribution in [0.4, 0.5) is 0 Å². The van der Waals surface area contributed by atoms with Gasteiger partial charge in [-0.15, -0.1) is 0 Å². The monoisotopic (exact) mass is 479 g/mol. The van der Waals surface area contributed by atoms with E-state index in [0.717, 1.165) is 22.1 Å². The second-order valence-electron chi connectivity index (χ2n) is 7.79. The summed E-state index contributed by atoms with van der Waals surface area (Å²) in [5.74, 6) is -0.244. The first-order chi connectivity index (χ1) is 14.7. The third-order valence-corrected chi connectivity index (χ3v) is 8.25. The average Bonchev–Trinajstić information content (AvgIpc) is 3.16.